The van der Waals surface area contributed by atoms with E-state index in [-0.39, 0.29) is 6.42 Å². The van der Waals surface area contributed by atoms with Gasteiger partial charge < -0.3 is 9.47 Å². The van der Waals surface area contributed by atoms with E-state index in [4.69, 9.17) is 0 Å². The first-order valence-electron chi connectivity index (χ1n) is 5.80. The minimum Gasteiger partial charge on any atom is -0.468 e. The molecule has 1 aromatic rings. The zero-order chi connectivity index (χ0) is 14.1. The Bertz CT molecular complexity index is 468. The fraction of sp³-hybridized carbons (Fsp3) is 0.267. The van der Waals surface area contributed by atoms with Crippen molar-refractivity contribution in [1.29, 1.82) is 0 Å². The third-order valence-electron chi connectivity index (χ3n) is 2.49. The highest BCUT2D eigenvalue weighted by Crippen LogP contribution is 2.09. The number of carbonyl (C=O) groups is 2. The summed E-state index contributed by atoms with van der Waals surface area (Å²) in [6.45, 7) is 0. The van der Waals surface area contributed by atoms with E-state index in [1.165, 1.54) is 14.2 Å². The maximum absolute atomic E-state index is 11.4. The van der Waals surface area contributed by atoms with Crippen LogP contribution in [0.1, 0.15) is 12.0 Å². The monoisotopic (exact) mass is 260 g/mol. The van der Waals surface area contributed by atoms with Gasteiger partial charge >= 0.3 is 11.9 Å². The van der Waals surface area contributed by atoms with Crippen LogP contribution >= 0.6 is 0 Å². The summed E-state index contributed by atoms with van der Waals surface area (Å²) in [5.41, 5.74) is 3.92. The number of rotatable bonds is 5. The Morgan fingerprint density at radius 3 is 2.26 bits per heavy atom. The molecular weight excluding hydrogens is 244 g/mol. The van der Waals surface area contributed by atoms with Gasteiger partial charge in [-0.2, -0.15) is 0 Å². The molecule has 0 atom stereocenters. The van der Waals surface area contributed by atoms with Crippen molar-refractivity contribution in [3.63, 3.8) is 0 Å². The molecule has 4 nitrogen and oxygen atoms in total. The zero-order valence-electron chi connectivity index (χ0n) is 11.0. The highest BCUT2D eigenvalue weighted by Gasteiger charge is 2.26. The first-order valence-corrected chi connectivity index (χ1v) is 5.80. The maximum atomic E-state index is 11.4. The van der Waals surface area contributed by atoms with Crippen molar-refractivity contribution in [3.05, 3.63) is 47.7 Å². The second-order valence-corrected chi connectivity index (χ2v) is 3.76. The molecule has 0 unspecified atom stereocenters. The van der Waals surface area contributed by atoms with Crippen molar-refractivity contribution >= 4 is 18.0 Å². The number of carbonyl (C=O) groups excluding carboxylic acids is 2. The van der Waals surface area contributed by atoms with E-state index in [1.807, 2.05) is 30.3 Å². The van der Waals surface area contributed by atoms with E-state index >= 15 is 0 Å². The largest absolute Gasteiger partial charge is 0.468 e. The molecular formula is C15H16O4. The minimum atomic E-state index is -0.938. The van der Waals surface area contributed by atoms with E-state index in [0.29, 0.717) is 0 Å². The van der Waals surface area contributed by atoms with Gasteiger partial charge in [0.25, 0.3) is 0 Å². The zero-order valence-corrected chi connectivity index (χ0v) is 11.0. The lowest BCUT2D eigenvalue weighted by molar-refractivity contribution is -0.158. The van der Waals surface area contributed by atoms with Crippen molar-refractivity contribution < 1.29 is 19.1 Å². The minimum absolute atomic E-state index is 0.197. The quantitative estimate of drug-likeness (QED) is 0.462. The normalized spacial score (nSPS) is 9.42. The van der Waals surface area contributed by atoms with Crippen LogP contribution in [0.4, 0.5) is 0 Å². The molecule has 1 rings (SSSR count). The SMILES string of the molecule is COC(=O)C(CC=C=Cc1ccccc1)C(=O)OC. The van der Waals surface area contributed by atoms with E-state index in [9.17, 15) is 9.59 Å². The standard InChI is InChI=1S/C15H16O4/c1-18-14(16)13(15(17)19-2)11-7-6-10-12-8-4-3-5-9-12/h3-5,7-10,13H,11H2,1-2H3. The Hall–Kier alpha value is -2.32. The number of methoxy groups -OCH3 is 2. The molecule has 0 saturated carbocycles. The molecule has 0 saturated heterocycles. The molecule has 0 heterocycles. The predicted molar refractivity (Wildman–Crippen MR) is 71.1 cm³/mol. The number of ether oxygens (including phenoxy) is 2. The number of allylic oxidation sites excluding steroid dienone is 1. The summed E-state index contributed by atoms with van der Waals surface area (Å²) in [5, 5.41) is 0. The van der Waals surface area contributed by atoms with Crippen LogP contribution in [0, 0.1) is 5.92 Å². The molecule has 0 aliphatic heterocycles. The summed E-state index contributed by atoms with van der Waals surface area (Å²) >= 11 is 0. The molecule has 0 bridgehead atoms. The molecule has 0 amide bonds. The Morgan fingerprint density at radius 1 is 1.16 bits per heavy atom. The van der Waals surface area contributed by atoms with Gasteiger partial charge in [0, 0.05) is 0 Å². The molecule has 1 aromatic carbocycles. The van der Waals surface area contributed by atoms with Gasteiger partial charge in [-0.05, 0) is 24.1 Å². The predicted octanol–water partition coefficient (Wildman–Crippen LogP) is 2.21. The molecule has 0 aliphatic rings. The second-order valence-electron chi connectivity index (χ2n) is 3.76. The summed E-state index contributed by atoms with van der Waals surface area (Å²) in [6, 6.07) is 9.61. The van der Waals surface area contributed by atoms with Crippen molar-refractivity contribution in [1.82, 2.24) is 0 Å². The topological polar surface area (TPSA) is 52.6 Å². The van der Waals surface area contributed by atoms with Gasteiger partial charge in [-0.25, -0.2) is 0 Å². The average Bonchev–Trinajstić information content (AvgIpc) is 2.47. The Labute approximate surface area is 112 Å². The first-order chi connectivity index (χ1) is 9.19. The van der Waals surface area contributed by atoms with Gasteiger partial charge in [0.05, 0.1) is 14.2 Å². The number of benzene rings is 1. The van der Waals surface area contributed by atoms with Crippen LogP contribution < -0.4 is 0 Å². The maximum Gasteiger partial charge on any atom is 0.320 e. The van der Waals surface area contributed by atoms with Crippen LogP contribution in [0.2, 0.25) is 0 Å². The number of hydrogen-bond donors (Lipinski definition) is 0. The summed E-state index contributed by atoms with van der Waals surface area (Å²) < 4.78 is 9.11. The Morgan fingerprint density at radius 2 is 1.74 bits per heavy atom. The van der Waals surface area contributed by atoms with Gasteiger partial charge in [-0.15, -0.1) is 5.73 Å². The van der Waals surface area contributed by atoms with E-state index in [2.05, 4.69) is 15.2 Å². The Balaban J connectivity index is 2.68. The van der Waals surface area contributed by atoms with E-state index in [0.717, 1.165) is 5.56 Å². The summed E-state index contributed by atoms with van der Waals surface area (Å²) in [5.74, 6) is -2.15. The summed E-state index contributed by atoms with van der Waals surface area (Å²) in [6.07, 6.45) is 3.58. The summed E-state index contributed by atoms with van der Waals surface area (Å²) in [7, 11) is 2.48. The molecule has 0 fully saturated rings. The third kappa shape index (κ3) is 4.82. The third-order valence-corrected chi connectivity index (χ3v) is 2.49. The van der Waals surface area contributed by atoms with Crippen LogP contribution in [-0.4, -0.2) is 26.2 Å². The van der Waals surface area contributed by atoms with Crippen molar-refractivity contribution in [2.75, 3.05) is 14.2 Å². The van der Waals surface area contributed by atoms with E-state index < -0.39 is 17.9 Å². The van der Waals surface area contributed by atoms with Crippen molar-refractivity contribution in [2.24, 2.45) is 5.92 Å². The highest BCUT2D eigenvalue weighted by molar-refractivity contribution is 5.94. The molecule has 100 valence electrons. The van der Waals surface area contributed by atoms with Crippen LogP contribution in [0.15, 0.2) is 42.1 Å². The van der Waals surface area contributed by atoms with Gasteiger partial charge in [0.2, 0.25) is 0 Å². The van der Waals surface area contributed by atoms with Gasteiger partial charge in [-0.1, -0.05) is 30.3 Å². The van der Waals surface area contributed by atoms with Gasteiger partial charge in [-0.3, -0.25) is 9.59 Å². The lowest BCUT2D eigenvalue weighted by atomic mass is 10.1. The van der Waals surface area contributed by atoms with Crippen molar-refractivity contribution in [2.45, 2.75) is 6.42 Å². The molecule has 0 aliphatic carbocycles. The van der Waals surface area contributed by atoms with Gasteiger partial charge in [0.15, 0.2) is 5.92 Å². The van der Waals surface area contributed by atoms with Crippen LogP contribution in [0.5, 0.6) is 0 Å². The second kappa shape index (κ2) is 7.90. The molecule has 19 heavy (non-hydrogen) atoms. The van der Waals surface area contributed by atoms with E-state index in [1.54, 1.807) is 12.2 Å². The smallest absolute Gasteiger partial charge is 0.320 e. The fourth-order valence-electron chi connectivity index (χ4n) is 1.46. The lowest BCUT2D eigenvalue weighted by Crippen LogP contribution is -2.25. The summed E-state index contributed by atoms with van der Waals surface area (Å²) in [4.78, 5) is 22.8. The number of esters is 2. The highest BCUT2D eigenvalue weighted by atomic mass is 16.5. The molecule has 0 spiro atoms. The van der Waals surface area contributed by atoms with Crippen LogP contribution in [-0.2, 0) is 19.1 Å². The molecule has 0 N–H and O–H groups in total. The fourth-order valence-corrected chi connectivity index (χ4v) is 1.46. The number of hydrogen-bond acceptors (Lipinski definition) is 4. The van der Waals surface area contributed by atoms with Crippen molar-refractivity contribution in [3.8, 4) is 0 Å². The Kier molecular flexibility index (Phi) is 6.13. The first kappa shape index (κ1) is 14.7. The molecule has 0 radical (unpaired) electrons. The lowest BCUT2D eigenvalue weighted by Gasteiger charge is -2.08. The molecule has 0 aromatic heterocycles. The van der Waals surface area contributed by atoms with Crippen LogP contribution in [0.25, 0.3) is 6.08 Å². The van der Waals surface area contributed by atoms with Crippen LogP contribution in [0.3, 0.4) is 0 Å². The molecule has 4 heteroatoms. The van der Waals surface area contributed by atoms with Gasteiger partial charge in [0.1, 0.15) is 0 Å². The average molecular weight is 260 g/mol.